The third-order valence-corrected chi connectivity index (χ3v) is 2.28. The molecule has 17 heavy (non-hydrogen) atoms. The molecule has 1 heterocycles. The van der Waals surface area contributed by atoms with Crippen molar-refractivity contribution in [1.82, 2.24) is 15.1 Å². The van der Waals surface area contributed by atoms with Gasteiger partial charge in [-0.2, -0.15) is 5.10 Å². The number of amides is 1. The maximum atomic E-state index is 11.8. The summed E-state index contributed by atoms with van der Waals surface area (Å²) in [6.45, 7) is 7.53. The van der Waals surface area contributed by atoms with Gasteiger partial charge in [0.2, 0.25) is 0 Å². The van der Waals surface area contributed by atoms with Crippen molar-refractivity contribution in [2.75, 3.05) is 18.9 Å². The fourth-order valence-corrected chi connectivity index (χ4v) is 1.40. The number of ether oxygens (including phenoxy) is 1. The molecule has 1 atom stereocenters. The molecular weight excluding hydrogens is 220 g/mol. The highest BCUT2D eigenvalue weighted by Gasteiger charge is 2.16. The molecule has 6 nitrogen and oxygen atoms in total. The molecule has 0 fully saturated rings. The number of carbonyl (C=O) groups is 1. The fraction of sp³-hybridized carbons (Fsp3) is 0.636. The molecule has 1 aromatic heterocycles. The Balaban J connectivity index is 2.59. The van der Waals surface area contributed by atoms with Crippen LogP contribution in [-0.4, -0.2) is 34.9 Å². The second kappa shape index (κ2) is 6.24. The first kappa shape index (κ1) is 13.5. The summed E-state index contributed by atoms with van der Waals surface area (Å²) in [5, 5.41) is 6.89. The van der Waals surface area contributed by atoms with E-state index in [0.29, 0.717) is 25.4 Å². The summed E-state index contributed by atoms with van der Waals surface area (Å²) in [6, 6.07) is -0.0615. The summed E-state index contributed by atoms with van der Waals surface area (Å²) in [6.07, 6.45) is 1.65. The van der Waals surface area contributed by atoms with Crippen molar-refractivity contribution in [3.8, 4) is 0 Å². The zero-order chi connectivity index (χ0) is 12.8. The van der Waals surface area contributed by atoms with Gasteiger partial charge in [-0.05, 0) is 20.8 Å². The highest BCUT2D eigenvalue weighted by atomic mass is 16.5. The molecule has 0 aliphatic carbocycles. The minimum atomic E-state index is -0.262. The minimum absolute atomic E-state index is 0.0615. The lowest BCUT2D eigenvalue weighted by molar-refractivity contribution is 0.0867. The van der Waals surface area contributed by atoms with Crippen LogP contribution in [0.3, 0.4) is 0 Å². The number of hydrogen-bond donors (Lipinski definition) is 2. The number of carbonyl (C=O) groups excluding carboxylic acids is 1. The van der Waals surface area contributed by atoms with Crippen LogP contribution in [0.25, 0.3) is 0 Å². The van der Waals surface area contributed by atoms with E-state index in [1.165, 1.54) is 0 Å². The molecule has 0 radical (unpaired) electrons. The summed E-state index contributed by atoms with van der Waals surface area (Å²) in [5.41, 5.74) is 6.39. The molecule has 3 N–H and O–H groups in total. The van der Waals surface area contributed by atoms with E-state index in [1.54, 1.807) is 10.9 Å². The monoisotopic (exact) mass is 240 g/mol. The lowest BCUT2D eigenvalue weighted by Gasteiger charge is -2.12. The van der Waals surface area contributed by atoms with E-state index < -0.39 is 0 Å². The Morgan fingerprint density at radius 3 is 2.88 bits per heavy atom. The number of rotatable bonds is 6. The van der Waals surface area contributed by atoms with E-state index in [9.17, 15) is 4.79 Å². The number of nitrogen functional groups attached to an aromatic ring is 1. The first-order valence-corrected chi connectivity index (χ1v) is 5.80. The maximum Gasteiger partial charge on any atom is 0.274 e. The van der Waals surface area contributed by atoms with Crippen LogP contribution in [0.2, 0.25) is 0 Å². The van der Waals surface area contributed by atoms with Crippen LogP contribution in [0.1, 0.15) is 31.3 Å². The molecule has 1 unspecified atom stereocenters. The molecule has 0 aliphatic heterocycles. The average Bonchev–Trinajstić information content (AvgIpc) is 2.68. The Bertz CT molecular complexity index is 376. The number of nitrogens with one attached hydrogen (secondary N) is 1. The number of aryl methyl sites for hydroxylation is 1. The van der Waals surface area contributed by atoms with Gasteiger partial charge in [-0.15, -0.1) is 0 Å². The molecule has 0 spiro atoms. The Labute approximate surface area is 101 Å². The van der Waals surface area contributed by atoms with Gasteiger partial charge in [-0.1, -0.05) is 0 Å². The van der Waals surface area contributed by atoms with Crippen molar-refractivity contribution in [3.63, 3.8) is 0 Å². The number of aromatic nitrogens is 2. The molecule has 0 saturated carbocycles. The summed E-state index contributed by atoms with van der Waals surface area (Å²) in [7, 11) is 0. The number of nitrogens with zero attached hydrogens (tertiary/aromatic N) is 2. The molecule has 0 aromatic carbocycles. The summed E-state index contributed by atoms with van der Waals surface area (Å²) in [5.74, 6) is -0.262. The van der Waals surface area contributed by atoms with Crippen molar-refractivity contribution in [1.29, 1.82) is 0 Å². The topological polar surface area (TPSA) is 82.2 Å². The van der Waals surface area contributed by atoms with Crippen molar-refractivity contribution in [2.45, 2.75) is 33.4 Å². The number of hydrogen-bond acceptors (Lipinski definition) is 4. The molecular formula is C11H20N4O2. The molecule has 0 bridgehead atoms. The van der Waals surface area contributed by atoms with Gasteiger partial charge in [0.05, 0.1) is 12.3 Å². The molecule has 96 valence electrons. The van der Waals surface area contributed by atoms with E-state index in [1.807, 2.05) is 20.8 Å². The largest absolute Gasteiger partial charge is 0.396 e. The van der Waals surface area contributed by atoms with Crippen molar-refractivity contribution < 1.29 is 9.53 Å². The third-order valence-electron chi connectivity index (χ3n) is 2.28. The van der Waals surface area contributed by atoms with Crippen LogP contribution < -0.4 is 11.1 Å². The van der Waals surface area contributed by atoms with E-state index in [2.05, 4.69) is 10.4 Å². The van der Waals surface area contributed by atoms with E-state index in [0.717, 1.165) is 0 Å². The Morgan fingerprint density at radius 1 is 1.65 bits per heavy atom. The normalized spacial score (nSPS) is 12.4. The van der Waals surface area contributed by atoms with Gasteiger partial charge < -0.3 is 15.8 Å². The van der Waals surface area contributed by atoms with Crippen LogP contribution in [0.15, 0.2) is 6.20 Å². The van der Waals surface area contributed by atoms with Crippen LogP contribution in [0, 0.1) is 0 Å². The van der Waals surface area contributed by atoms with E-state index in [4.69, 9.17) is 10.5 Å². The highest BCUT2D eigenvalue weighted by Crippen LogP contribution is 2.08. The second-order valence-corrected chi connectivity index (χ2v) is 3.82. The van der Waals surface area contributed by atoms with Gasteiger partial charge in [-0.3, -0.25) is 9.48 Å². The zero-order valence-electron chi connectivity index (χ0n) is 10.6. The number of nitrogens with two attached hydrogens (primary N) is 1. The van der Waals surface area contributed by atoms with Gasteiger partial charge in [0.25, 0.3) is 5.91 Å². The predicted octanol–water partition coefficient (Wildman–Crippen LogP) is 0.640. The smallest absolute Gasteiger partial charge is 0.274 e. The van der Waals surface area contributed by atoms with Gasteiger partial charge in [-0.25, -0.2) is 0 Å². The van der Waals surface area contributed by atoms with Crippen molar-refractivity contribution in [2.24, 2.45) is 0 Å². The molecule has 6 heteroatoms. The average molecular weight is 240 g/mol. The van der Waals surface area contributed by atoms with Crippen LogP contribution in [0.4, 0.5) is 5.69 Å². The molecule has 1 aromatic rings. The van der Waals surface area contributed by atoms with Crippen molar-refractivity contribution in [3.05, 3.63) is 11.9 Å². The molecule has 1 amide bonds. The van der Waals surface area contributed by atoms with Gasteiger partial charge in [0.1, 0.15) is 0 Å². The summed E-state index contributed by atoms with van der Waals surface area (Å²) < 4.78 is 6.85. The number of anilines is 1. The molecule has 0 aliphatic rings. The molecule has 0 saturated heterocycles. The van der Waals surface area contributed by atoms with Crippen LogP contribution in [-0.2, 0) is 11.3 Å². The Morgan fingerprint density at radius 2 is 2.35 bits per heavy atom. The zero-order valence-corrected chi connectivity index (χ0v) is 10.6. The first-order chi connectivity index (χ1) is 8.08. The SMILES string of the molecule is CCOCC(C)NC(=O)c1nn(CC)cc1N. The second-order valence-electron chi connectivity index (χ2n) is 3.82. The fourth-order valence-electron chi connectivity index (χ4n) is 1.40. The highest BCUT2D eigenvalue weighted by molar-refractivity contribution is 5.97. The first-order valence-electron chi connectivity index (χ1n) is 5.80. The summed E-state index contributed by atoms with van der Waals surface area (Å²) in [4.78, 5) is 11.8. The standard InChI is InChI=1S/C11H20N4O2/c1-4-15-6-9(12)10(14-15)11(16)13-8(3)7-17-5-2/h6,8H,4-5,7,12H2,1-3H3,(H,13,16). The minimum Gasteiger partial charge on any atom is -0.396 e. The third kappa shape index (κ3) is 3.74. The lowest BCUT2D eigenvalue weighted by Crippen LogP contribution is -2.36. The molecule has 1 rings (SSSR count). The quantitative estimate of drug-likeness (QED) is 0.764. The lowest BCUT2D eigenvalue weighted by atomic mass is 10.3. The van der Waals surface area contributed by atoms with Gasteiger partial charge in [0, 0.05) is 25.4 Å². The Hall–Kier alpha value is -1.56. The maximum absolute atomic E-state index is 11.8. The Kier molecular flexibility index (Phi) is 4.96. The predicted molar refractivity (Wildman–Crippen MR) is 65.7 cm³/mol. The summed E-state index contributed by atoms with van der Waals surface area (Å²) >= 11 is 0. The van der Waals surface area contributed by atoms with Gasteiger partial charge in [0.15, 0.2) is 5.69 Å². The van der Waals surface area contributed by atoms with Crippen LogP contribution in [0.5, 0.6) is 0 Å². The van der Waals surface area contributed by atoms with Crippen LogP contribution >= 0.6 is 0 Å². The van der Waals surface area contributed by atoms with E-state index in [-0.39, 0.29) is 17.6 Å². The van der Waals surface area contributed by atoms with Gasteiger partial charge >= 0.3 is 0 Å². The van der Waals surface area contributed by atoms with E-state index >= 15 is 0 Å². The van der Waals surface area contributed by atoms with Crippen molar-refractivity contribution >= 4 is 11.6 Å².